The van der Waals surface area contributed by atoms with E-state index in [9.17, 15) is 0 Å². The van der Waals surface area contributed by atoms with Crippen LogP contribution < -0.4 is 0 Å². The zero-order valence-electron chi connectivity index (χ0n) is 4.29. The second kappa shape index (κ2) is 6.80. The summed E-state index contributed by atoms with van der Waals surface area (Å²) in [5.41, 5.74) is 0. The first-order chi connectivity index (χ1) is 3.41. The van der Waals surface area contributed by atoms with E-state index in [2.05, 4.69) is 0 Å². The molecule has 0 nitrogen and oxygen atoms in total. The lowest BCUT2D eigenvalue weighted by molar-refractivity contribution is 0.504. The predicted octanol–water partition coefficient (Wildman–Crippen LogP) is 2.02. The molecule has 3 heteroatoms. The molecule has 0 saturated heterocycles. The fourth-order valence-electron chi connectivity index (χ4n) is 0.250. The second-order valence-electron chi connectivity index (χ2n) is 1.52. The quantitative estimate of drug-likeness (QED) is 0.372. The van der Waals surface area contributed by atoms with Crippen molar-refractivity contribution in [2.45, 2.75) is 25.7 Å². The summed E-state index contributed by atoms with van der Waals surface area (Å²) in [6, 6.07) is 0. The summed E-state index contributed by atoms with van der Waals surface area (Å²) in [4.78, 5) is 0. The lowest BCUT2D eigenvalue weighted by Gasteiger charge is -2.05. The molecule has 1 aliphatic carbocycles. The summed E-state index contributed by atoms with van der Waals surface area (Å²) >= 11 is 9.81. The third kappa shape index (κ3) is 6.80. The molecule has 1 saturated carbocycles. The van der Waals surface area contributed by atoms with Gasteiger partial charge < -0.3 is 0 Å². The molecular formula is C4H10Cl2Si. The van der Waals surface area contributed by atoms with Gasteiger partial charge in [-0.2, -0.15) is 22.2 Å². The van der Waals surface area contributed by atoms with E-state index in [-0.39, 0.29) is 0 Å². The van der Waals surface area contributed by atoms with Gasteiger partial charge in [0.15, 0.2) is 0 Å². The van der Waals surface area contributed by atoms with E-state index in [0.717, 1.165) is 0 Å². The van der Waals surface area contributed by atoms with Gasteiger partial charge in [-0.15, -0.1) is 0 Å². The van der Waals surface area contributed by atoms with Crippen LogP contribution in [0.15, 0.2) is 0 Å². The molecule has 0 unspecified atom stereocenters. The Morgan fingerprint density at radius 3 is 1.00 bits per heavy atom. The molecule has 1 rings (SSSR count). The Morgan fingerprint density at radius 2 is 1.00 bits per heavy atom. The fourth-order valence-corrected chi connectivity index (χ4v) is 0.250. The van der Waals surface area contributed by atoms with Gasteiger partial charge in [-0.1, -0.05) is 25.7 Å². The van der Waals surface area contributed by atoms with Gasteiger partial charge in [-0.25, -0.2) is 0 Å². The molecule has 0 radical (unpaired) electrons. The van der Waals surface area contributed by atoms with Gasteiger partial charge in [0, 0.05) is 0 Å². The van der Waals surface area contributed by atoms with Crippen LogP contribution in [-0.4, -0.2) is 8.14 Å². The molecule has 0 heterocycles. The van der Waals surface area contributed by atoms with Gasteiger partial charge in [0.2, 0.25) is 8.14 Å². The highest BCUT2D eigenvalue weighted by Gasteiger charge is 1.95. The minimum Gasteiger partial charge on any atom is -0.155 e. The topological polar surface area (TPSA) is 0 Å². The van der Waals surface area contributed by atoms with Crippen molar-refractivity contribution in [1.29, 1.82) is 0 Å². The summed E-state index contributed by atoms with van der Waals surface area (Å²) in [7, 11) is -0.639. The lowest BCUT2D eigenvalue weighted by atomic mass is 10.0. The maximum atomic E-state index is 4.90. The van der Waals surface area contributed by atoms with Crippen LogP contribution in [0.2, 0.25) is 0 Å². The Bertz CT molecular complexity index is 24.9. The van der Waals surface area contributed by atoms with Crippen molar-refractivity contribution in [2.75, 3.05) is 0 Å². The van der Waals surface area contributed by atoms with Gasteiger partial charge in [0.1, 0.15) is 0 Å². The van der Waals surface area contributed by atoms with Crippen molar-refractivity contribution < 1.29 is 0 Å². The van der Waals surface area contributed by atoms with E-state index in [1.165, 1.54) is 25.7 Å². The molecule has 0 N–H and O–H groups in total. The standard InChI is InChI=1S/C4H8.Cl2H2Si/c1-2-4-3-1;1-3-2/h1-4H2;3H2. The zero-order chi connectivity index (χ0) is 5.54. The highest BCUT2D eigenvalue weighted by molar-refractivity contribution is 7.22. The molecule has 0 bridgehead atoms. The molecule has 0 spiro atoms. The predicted molar refractivity (Wildman–Crippen MR) is 38.7 cm³/mol. The molecule has 0 aromatic rings. The Kier molecular flexibility index (Phi) is 7.57. The van der Waals surface area contributed by atoms with Crippen LogP contribution >= 0.6 is 22.2 Å². The van der Waals surface area contributed by atoms with Gasteiger partial charge in [-0.3, -0.25) is 0 Å². The van der Waals surface area contributed by atoms with Gasteiger partial charge in [0.25, 0.3) is 0 Å². The summed E-state index contributed by atoms with van der Waals surface area (Å²) in [6.07, 6.45) is 6.00. The molecule has 44 valence electrons. The molecule has 1 fully saturated rings. The van der Waals surface area contributed by atoms with Crippen molar-refractivity contribution in [2.24, 2.45) is 0 Å². The van der Waals surface area contributed by atoms with Crippen LogP contribution in [0.1, 0.15) is 25.7 Å². The Labute approximate surface area is 56.4 Å². The zero-order valence-corrected chi connectivity index (χ0v) is 7.22. The van der Waals surface area contributed by atoms with E-state index in [1.54, 1.807) is 0 Å². The largest absolute Gasteiger partial charge is 0.222 e. The monoisotopic (exact) mass is 156 g/mol. The summed E-state index contributed by atoms with van der Waals surface area (Å²) in [5, 5.41) is 0. The Morgan fingerprint density at radius 1 is 0.857 bits per heavy atom. The highest BCUT2D eigenvalue weighted by Crippen LogP contribution is 2.15. The third-order valence-corrected chi connectivity index (χ3v) is 1.000. The van der Waals surface area contributed by atoms with Crippen LogP contribution in [0.25, 0.3) is 0 Å². The fraction of sp³-hybridized carbons (Fsp3) is 1.00. The number of rotatable bonds is 0. The van der Waals surface area contributed by atoms with E-state index >= 15 is 0 Å². The molecule has 0 aromatic heterocycles. The smallest absolute Gasteiger partial charge is 0.155 e. The van der Waals surface area contributed by atoms with Crippen LogP contribution in [0.5, 0.6) is 0 Å². The van der Waals surface area contributed by atoms with Crippen molar-refractivity contribution >= 4 is 30.3 Å². The number of hydrogen-bond acceptors (Lipinski definition) is 0. The lowest BCUT2D eigenvalue weighted by Crippen LogP contribution is -1.85. The first-order valence-corrected chi connectivity index (χ1v) is 6.81. The van der Waals surface area contributed by atoms with Crippen molar-refractivity contribution in [3.05, 3.63) is 0 Å². The van der Waals surface area contributed by atoms with Crippen molar-refractivity contribution in [3.8, 4) is 0 Å². The van der Waals surface area contributed by atoms with Crippen LogP contribution in [0.4, 0.5) is 0 Å². The average Bonchev–Trinajstić information content (AvgIpc) is 1.27. The number of hydrogen-bond donors (Lipinski definition) is 0. The van der Waals surface area contributed by atoms with Crippen molar-refractivity contribution in [3.63, 3.8) is 0 Å². The van der Waals surface area contributed by atoms with Gasteiger partial charge >= 0.3 is 0 Å². The van der Waals surface area contributed by atoms with Crippen molar-refractivity contribution in [1.82, 2.24) is 0 Å². The van der Waals surface area contributed by atoms with Gasteiger partial charge in [0.05, 0.1) is 0 Å². The minimum atomic E-state index is -0.639. The second-order valence-corrected chi connectivity index (χ2v) is 4.14. The van der Waals surface area contributed by atoms with E-state index in [0.29, 0.717) is 0 Å². The van der Waals surface area contributed by atoms with Crippen LogP contribution in [-0.2, 0) is 0 Å². The molecule has 1 aliphatic rings. The van der Waals surface area contributed by atoms with Crippen LogP contribution in [0.3, 0.4) is 0 Å². The SMILES string of the molecule is C1CCC1.Cl[SiH2]Cl. The van der Waals surface area contributed by atoms with E-state index in [4.69, 9.17) is 22.2 Å². The molecule has 0 aromatic carbocycles. The maximum absolute atomic E-state index is 4.90. The average molecular weight is 157 g/mol. The normalized spacial score (nSPS) is 16.3. The summed E-state index contributed by atoms with van der Waals surface area (Å²) in [6.45, 7) is 0. The molecule has 7 heavy (non-hydrogen) atoms. The summed E-state index contributed by atoms with van der Waals surface area (Å²) in [5.74, 6) is 0. The third-order valence-electron chi connectivity index (χ3n) is 1.000. The molecular weight excluding hydrogens is 147 g/mol. The first-order valence-electron chi connectivity index (χ1n) is 2.53. The molecule has 0 atom stereocenters. The molecule has 0 aliphatic heterocycles. The maximum Gasteiger partial charge on any atom is 0.222 e. The van der Waals surface area contributed by atoms with Gasteiger partial charge in [-0.05, 0) is 0 Å². The van der Waals surface area contributed by atoms with Crippen LogP contribution in [0, 0.1) is 0 Å². The Balaban J connectivity index is 0.000000110. The highest BCUT2D eigenvalue weighted by atomic mass is 35.7. The van der Waals surface area contributed by atoms with E-state index in [1.807, 2.05) is 0 Å². The summed E-state index contributed by atoms with van der Waals surface area (Å²) < 4.78 is 0. The molecule has 0 amide bonds. The number of halogens is 2. The minimum absolute atomic E-state index is 0.639. The van der Waals surface area contributed by atoms with E-state index < -0.39 is 8.14 Å². The first kappa shape index (κ1) is 7.80. The Hall–Kier alpha value is 0.797.